The summed E-state index contributed by atoms with van der Waals surface area (Å²) in [5.41, 5.74) is 4.73. The van der Waals surface area contributed by atoms with E-state index >= 15 is 0 Å². The lowest BCUT2D eigenvalue weighted by molar-refractivity contribution is 0.738. The van der Waals surface area contributed by atoms with Crippen molar-refractivity contribution in [3.05, 3.63) is 34.1 Å². The van der Waals surface area contributed by atoms with E-state index in [4.69, 9.17) is 4.98 Å². The van der Waals surface area contributed by atoms with Gasteiger partial charge in [-0.05, 0) is 47.1 Å². The highest BCUT2D eigenvalue weighted by molar-refractivity contribution is 9.10. The molecule has 2 aromatic heterocycles. The first-order chi connectivity index (χ1) is 9.17. The molecule has 19 heavy (non-hydrogen) atoms. The maximum absolute atomic E-state index is 4.76. The second-order valence-electron chi connectivity index (χ2n) is 4.75. The van der Waals surface area contributed by atoms with E-state index in [-0.39, 0.29) is 0 Å². The van der Waals surface area contributed by atoms with Gasteiger partial charge in [0, 0.05) is 13.6 Å². The Morgan fingerprint density at radius 1 is 1.37 bits per heavy atom. The molecule has 0 fully saturated rings. The second-order valence-corrected chi connectivity index (χ2v) is 5.50. The molecule has 0 unspecified atom stereocenters. The summed E-state index contributed by atoms with van der Waals surface area (Å²) in [5.74, 6) is 0.973. The highest BCUT2D eigenvalue weighted by Crippen LogP contribution is 2.27. The van der Waals surface area contributed by atoms with E-state index in [1.165, 1.54) is 11.3 Å². The molecule has 0 aliphatic rings. The quantitative estimate of drug-likeness (QED) is 0.805. The molecule has 4 nitrogen and oxygen atoms in total. The Labute approximate surface area is 120 Å². The molecule has 2 heterocycles. The summed E-state index contributed by atoms with van der Waals surface area (Å²) in [5, 5.41) is 3.19. The predicted octanol–water partition coefficient (Wildman–Crippen LogP) is 2.87. The fourth-order valence-electron chi connectivity index (χ4n) is 2.50. The van der Waals surface area contributed by atoms with Crippen LogP contribution in [0.25, 0.3) is 16.8 Å². The van der Waals surface area contributed by atoms with Crippen LogP contribution in [0, 0.1) is 0 Å². The average molecular weight is 321 g/mol. The molecule has 0 spiro atoms. The van der Waals surface area contributed by atoms with Gasteiger partial charge in [0.1, 0.15) is 4.60 Å². The Morgan fingerprint density at radius 2 is 2.16 bits per heavy atom. The SMILES string of the molecule is CCc1ccc2c(c1)nc1n(C)c(CNC)c(Br)n21. The summed E-state index contributed by atoms with van der Waals surface area (Å²) in [6.45, 7) is 2.98. The minimum absolute atomic E-state index is 0.814. The normalized spacial score (nSPS) is 11.8. The van der Waals surface area contributed by atoms with Crippen LogP contribution in [-0.2, 0) is 20.0 Å². The highest BCUT2D eigenvalue weighted by atomic mass is 79.9. The van der Waals surface area contributed by atoms with Crippen LogP contribution in [0.5, 0.6) is 0 Å². The first-order valence-electron chi connectivity index (χ1n) is 6.46. The fourth-order valence-corrected chi connectivity index (χ4v) is 3.25. The van der Waals surface area contributed by atoms with Gasteiger partial charge in [-0.15, -0.1) is 0 Å². The molecule has 0 amide bonds. The van der Waals surface area contributed by atoms with Crippen LogP contribution in [0.3, 0.4) is 0 Å². The van der Waals surface area contributed by atoms with Gasteiger partial charge in [0.2, 0.25) is 5.78 Å². The van der Waals surface area contributed by atoms with E-state index in [1.807, 2.05) is 7.05 Å². The highest BCUT2D eigenvalue weighted by Gasteiger charge is 2.17. The Morgan fingerprint density at radius 3 is 2.84 bits per heavy atom. The Bertz CT molecular complexity index is 754. The predicted molar refractivity (Wildman–Crippen MR) is 81.5 cm³/mol. The number of benzene rings is 1. The van der Waals surface area contributed by atoms with E-state index < -0.39 is 0 Å². The molecule has 5 heteroatoms. The zero-order valence-electron chi connectivity index (χ0n) is 11.4. The Hall–Kier alpha value is -1.33. The third kappa shape index (κ3) is 1.80. The van der Waals surface area contributed by atoms with Gasteiger partial charge in [0.25, 0.3) is 0 Å². The van der Waals surface area contributed by atoms with E-state index in [2.05, 4.69) is 62.4 Å². The lowest BCUT2D eigenvalue weighted by Crippen LogP contribution is -2.09. The first-order valence-corrected chi connectivity index (χ1v) is 7.25. The largest absolute Gasteiger partial charge is 0.315 e. The molecule has 1 N–H and O–H groups in total. The molecule has 0 radical (unpaired) electrons. The van der Waals surface area contributed by atoms with Gasteiger partial charge >= 0.3 is 0 Å². The van der Waals surface area contributed by atoms with Crippen molar-refractivity contribution in [2.24, 2.45) is 7.05 Å². The maximum atomic E-state index is 4.76. The van der Waals surface area contributed by atoms with Gasteiger partial charge in [-0.3, -0.25) is 4.40 Å². The minimum Gasteiger partial charge on any atom is -0.315 e. The first kappa shape index (κ1) is 12.7. The van der Waals surface area contributed by atoms with Gasteiger partial charge < -0.3 is 9.88 Å². The molecule has 0 aliphatic carbocycles. The minimum atomic E-state index is 0.814. The van der Waals surface area contributed by atoms with Crippen molar-refractivity contribution in [3.8, 4) is 0 Å². The van der Waals surface area contributed by atoms with Crippen LogP contribution in [0.1, 0.15) is 18.2 Å². The van der Waals surface area contributed by atoms with Gasteiger partial charge in [0.15, 0.2) is 0 Å². The Kier molecular flexibility index (Phi) is 3.11. The number of imidazole rings is 2. The van der Waals surface area contributed by atoms with E-state index in [9.17, 15) is 0 Å². The molecule has 0 atom stereocenters. The zero-order chi connectivity index (χ0) is 13.6. The lowest BCUT2D eigenvalue weighted by atomic mass is 10.1. The van der Waals surface area contributed by atoms with Gasteiger partial charge in [-0.25, -0.2) is 4.98 Å². The van der Waals surface area contributed by atoms with Crippen molar-refractivity contribution >= 4 is 32.7 Å². The molecule has 3 rings (SSSR count). The number of hydrogen-bond acceptors (Lipinski definition) is 2. The summed E-state index contributed by atoms with van der Waals surface area (Å²) in [7, 11) is 4.01. The number of fused-ring (bicyclic) bond motifs is 3. The van der Waals surface area contributed by atoms with Crippen molar-refractivity contribution in [3.63, 3.8) is 0 Å². The van der Waals surface area contributed by atoms with Crippen molar-refractivity contribution in [1.29, 1.82) is 0 Å². The van der Waals surface area contributed by atoms with E-state index in [0.717, 1.165) is 34.4 Å². The molecule has 0 bridgehead atoms. The molecule has 1 aromatic carbocycles. The van der Waals surface area contributed by atoms with Crippen LogP contribution in [0.4, 0.5) is 0 Å². The smallest absolute Gasteiger partial charge is 0.215 e. The zero-order valence-corrected chi connectivity index (χ0v) is 13.0. The number of hydrogen-bond donors (Lipinski definition) is 1. The Balaban J connectivity index is 2.34. The summed E-state index contributed by atoms with van der Waals surface area (Å²) in [6, 6.07) is 6.50. The third-order valence-electron chi connectivity index (χ3n) is 3.59. The summed E-state index contributed by atoms with van der Waals surface area (Å²) < 4.78 is 5.37. The number of rotatable bonds is 3. The van der Waals surface area contributed by atoms with Crippen LogP contribution < -0.4 is 5.32 Å². The molecule has 0 saturated heterocycles. The summed E-state index contributed by atoms with van der Waals surface area (Å²) in [4.78, 5) is 4.76. The van der Waals surface area contributed by atoms with Crippen LogP contribution in [0.2, 0.25) is 0 Å². The van der Waals surface area contributed by atoms with Gasteiger partial charge in [-0.2, -0.15) is 0 Å². The van der Waals surface area contributed by atoms with Crippen molar-refractivity contribution in [2.45, 2.75) is 19.9 Å². The molecular weight excluding hydrogens is 304 g/mol. The topological polar surface area (TPSA) is 34.3 Å². The maximum Gasteiger partial charge on any atom is 0.215 e. The molecule has 3 aromatic rings. The van der Waals surface area contributed by atoms with Crippen molar-refractivity contribution in [1.82, 2.24) is 19.3 Å². The molecule has 0 saturated carbocycles. The van der Waals surface area contributed by atoms with Crippen molar-refractivity contribution < 1.29 is 0 Å². The lowest BCUT2D eigenvalue weighted by Gasteiger charge is -2.02. The number of aromatic nitrogens is 3. The number of nitrogens with zero attached hydrogens (tertiary/aromatic N) is 3. The van der Waals surface area contributed by atoms with Gasteiger partial charge in [-0.1, -0.05) is 13.0 Å². The monoisotopic (exact) mass is 320 g/mol. The van der Waals surface area contributed by atoms with Gasteiger partial charge in [0.05, 0.1) is 16.7 Å². The fraction of sp³-hybridized carbons (Fsp3) is 0.357. The second kappa shape index (κ2) is 4.65. The van der Waals surface area contributed by atoms with Crippen LogP contribution in [-0.4, -0.2) is 21.0 Å². The number of aryl methyl sites for hydroxylation is 2. The van der Waals surface area contributed by atoms with E-state index in [0.29, 0.717) is 0 Å². The van der Waals surface area contributed by atoms with E-state index in [1.54, 1.807) is 0 Å². The summed E-state index contributed by atoms with van der Waals surface area (Å²) >= 11 is 3.70. The molecule has 0 aliphatic heterocycles. The molecular formula is C14H17BrN4. The third-order valence-corrected chi connectivity index (χ3v) is 4.41. The standard InChI is InChI=1S/C14H17BrN4/c1-4-9-5-6-11-10(7-9)17-14-18(3)12(8-16-2)13(15)19(11)14/h5-7,16H,4,8H2,1-3H3. The number of nitrogens with one attached hydrogen (secondary N) is 1. The molecule has 100 valence electrons. The summed E-state index contributed by atoms with van der Waals surface area (Å²) in [6.07, 6.45) is 1.04. The van der Waals surface area contributed by atoms with Crippen LogP contribution in [0.15, 0.2) is 22.8 Å². The van der Waals surface area contributed by atoms with Crippen molar-refractivity contribution in [2.75, 3.05) is 7.05 Å². The number of halogens is 1. The average Bonchev–Trinajstić information content (AvgIpc) is 2.90. The van der Waals surface area contributed by atoms with Crippen LogP contribution >= 0.6 is 15.9 Å².